The van der Waals surface area contributed by atoms with Crippen molar-refractivity contribution in [1.82, 2.24) is 4.72 Å². The molecule has 0 bridgehead atoms. The number of benzene rings is 2. The van der Waals surface area contributed by atoms with Crippen LogP contribution in [0.25, 0.3) is 0 Å². The van der Waals surface area contributed by atoms with Crippen molar-refractivity contribution in [2.45, 2.75) is 11.3 Å². The smallest absolute Gasteiger partial charge is 0.246 e. The maximum Gasteiger partial charge on any atom is 0.246 e. The van der Waals surface area contributed by atoms with E-state index in [2.05, 4.69) is 4.72 Å². The van der Waals surface area contributed by atoms with Crippen molar-refractivity contribution >= 4 is 15.7 Å². The number of anilines is 1. The largest absolute Gasteiger partial charge is 0.399 e. The molecule has 0 amide bonds. The van der Waals surface area contributed by atoms with Gasteiger partial charge in [-0.15, -0.1) is 0 Å². The molecular formula is C14H14F2N2O2S. The van der Waals surface area contributed by atoms with E-state index in [1.54, 1.807) is 24.3 Å². The van der Waals surface area contributed by atoms with Gasteiger partial charge < -0.3 is 5.73 Å². The van der Waals surface area contributed by atoms with E-state index in [1.807, 2.05) is 0 Å². The van der Waals surface area contributed by atoms with Gasteiger partial charge in [0, 0.05) is 12.2 Å². The van der Waals surface area contributed by atoms with Gasteiger partial charge in [-0.1, -0.05) is 18.2 Å². The van der Waals surface area contributed by atoms with Gasteiger partial charge in [0.05, 0.1) is 0 Å². The third-order valence-electron chi connectivity index (χ3n) is 2.87. The van der Waals surface area contributed by atoms with Crippen LogP contribution in [-0.2, 0) is 16.4 Å². The van der Waals surface area contributed by atoms with Gasteiger partial charge in [0.25, 0.3) is 0 Å². The highest BCUT2D eigenvalue weighted by Crippen LogP contribution is 2.17. The molecule has 0 atom stereocenters. The lowest BCUT2D eigenvalue weighted by atomic mass is 10.1. The number of sulfonamides is 1. The molecule has 0 aliphatic rings. The van der Waals surface area contributed by atoms with Gasteiger partial charge in [-0.2, -0.15) is 0 Å². The van der Waals surface area contributed by atoms with Crippen molar-refractivity contribution in [3.63, 3.8) is 0 Å². The first-order valence-corrected chi connectivity index (χ1v) is 7.66. The summed E-state index contributed by atoms with van der Waals surface area (Å²) in [5.41, 5.74) is 7.01. The van der Waals surface area contributed by atoms with Gasteiger partial charge in [0.2, 0.25) is 10.0 Å². The first kappa shape index (κ1) is 15.4. The SMILES string of the molecule is Nc1ccc(CCNS(=O)(=O)c2c(F)cccc2F)cc1. The molecule has 0 spiro atoms. The monoisotopic (exact) mass is 312 g/mol. The molecule has 112 valence electrons. The Morgan fingerprint density at radius 1 is 1.00 bits per heavy atom. The van der Waals surface area contributed by atoms with Gasteiger partial charge in [-0.3, -0.25) is 0 Å². The summed E-state index contributed by atoms with van der Waals surface area (Å²) in [6.45, 7) is 0.0278. The minimum atomic E-state index is -4.22. The van der Waals surface area contributed by atoms with Gasteiger partial charge in [-0.25, -0.2) is 21.9 Å². The average Bonchev–Trinajstić information content (AvgIpc) is 2.40. The maximum atomic E-state index is 13.5. The Labute approximate surface area is 121 Å². The second-order valence-corrected chi connectivity index (χ2v) is 6.14. The summed E-state index contributed by atoms with van der Waals surface area (Å²) in [4.78, 5) is -0.956. The number of hydrogen-bond donors (Lipinski definition) is 2. The first-order chi connectivity index (χ1) is 9.90. The molecule has 0 radical (unpaired) electrons. The molecule has 0 aliphatic heterocycles. The van der Waals surface area contributed by atoms with E-state index in [-0.39, 0.29) is 6.54 Å². The molecular weight excluding hydrogens is 298 g/mol. The van der Waals surface area contributed by atoms with Crippen LogP contribution in [0.2, 0.25) is 0 Å². The van der Waals surface area contributed by atoms with Crippen molar-refractivity contribution in [3.8, 4) is 0 Å². The van der Waals surface area contributed by atoms with Gasteiger partial charge in [0.15, 0.2) is 4.90 Å². The Morgan fingerprint density at radius 2 is 1.57 bits per heavy atom. The molecule has 0 unspecified atom stereocenters. The normalized spacial score (nSPS) is 11.5. The number of nitrogens with two attached hydrogens (primary N) is 1. The Hall–Kier alpha value is -1.99. The fraction of sp³-hybridized carbons (Fsp3) is 0.143. The number of halogens is 2. The van der Waals surface area contributed by atoms with Crippen LogP contribution in [0.5, 0.6) is 0 Å². The van der Waals surface area contributed by atoms with E-state index in [0.717, 1.165) is 23.8 Å². The molecule has 2 aromatic carbocycles. The van der Waals surface area contributed by atoms with Crippen LogP contribution in [0.15, 0.2) is 47.4 Å². The van der Waals surface area contributed by atoms with Crippen LogP contribution in [0.4, 0.5) is 14.5 Å². The van der Waals surface area contributed by atoms with Crippen LogP contribution in [0, 0.1) is 11.6 Å². The molecule has 2 rings (SSSR count). The van der Waals surface area contributed by atoms with E-state index in [9.17, 15) is 17.2 Å². The van der Waals surface area contributed by atoms with E-state index < -0.39 is 26.6 Å². The molecule has 3 N–H and O–H groups in total. The van der Waals surface area contributed by atoms with Gasteiger partial charge in [-0.05, 0) is 36.2 Å². The van der Waals surface area contributed by atoms with Crippen molar-refractivity contribution in [3.05, 3.63) is 59.7 Å². The predicted octanol–water partition coefficient (Wildman–Crippen LogP) is 2.07. The Morgan fingerprint density at radius 3 is 2.14 bits per heavy atom. The fourth-order valence-electron chi connectivity index (χ4n) is 1.83. The van der Waals surface area contributed by atoms with Crippen molar-refractivity contribution < 1.29 is 17.2 Å². The Balaban J connectivity index is 2.07. The molecule has 0 heterocycles. The lowest BCUT2D eigenvalue weighted by Crippen LogP contribution is -2.27. The highest BCUT2D eigenvalue weighted by atomic mass is 32.2. The predicted molar refractivity (Wildman–Crippen MR) is 76.1 cm³/mol. The average molecular weight is 312 g/mol. The minimum absolute atomic E-state index is 0.0278. The number of nitrogens with one attached hydrogen (secondary N) is 1. The Bertz CT molecular complexity index is 711. The van der Waals surface area contributed by atoms with E-state index in [4.69, 9.17) is 5.73 Å². The number of rotatable bonds is 5. The molecule has 4 nitrogen and oxygen atoms in total. The van der Waals surface area contributed by atoms with Crippen LogP contribution in [0.3, 0.4) is 0 Å². The molecule has 21 heavy (non-hydrogen) atoms. The standard InChI is InChI=1S/C14H14F2N2O2S/c15-12-2-1-3-13(16)14(12)21(19,20)18-9-8-10-4-6-11(17)7-5-10/h1-7,18H,8-9,17H2. The van der Waals surface area contributed by atoms with Crippen LogP contribution >= 0.6 is 0 Å². The molecule has 0 aliphatic carbocycles. The summed E-state index contributed by atoms with van der Waals surface area (Å²) < 4.78 is 52.9. The van der Waals surface area contributed by atoms with E-state index >= 15 is 0 Å². The second-order valence-electron chi connectivity index (χ2n) is 4.44. The summed E-state index contributed by atoms with van der Waals surface area (Å²) in [7, 11) is -4.22. The van der Waals surface area contributed by atoms with Crippen molar-refractivity contribution in [1.29, 1.82) is 0 Å². The lowest BCUT2D eigenvalue weighted by molar-refractivity contribution is 0.514. The fourth-order valence-corrected chi connectivity index (χ4v) is 2.99. The zero-order valence-electron chi connectivity index (χ0n) is 11.0. The topological polar surface area (TPSA) is 72.2 Å². The van der Waals surface area contributed by atoms with Crippen LogP contribution in [0.1, 0.15) is 5.56 Å². The molecule has 0 fully saturated rings. The summed E-state index contributed by atoms with van der Waals surface area (Å²) in [6.07, 6.45) is 0.385. The summed E-state index contributed by atoms with van der Waals surface area (Å²) >= 11 is 0. The van der Waals surface area contributed by atoms with E-state index in [0.29, 0.717) is 12.1 Å². The first-order valence-electron chi connectivity index (χ1n) is 6.18. The molecule has 7 heteroatoms. The van der Waals surface area contributed by atoms with Gasteiger partial charge >= 0.3 is 0 Å². The molecule has 2 aromatic rings. The highest BCUT2D eigenvalue weighted by Gasteiger charge is 2.23. The summed E-state index contributed by atoms with van der Waals surface area (Å²) in [5.74, 6) is -2.23. The second kappa shape index (κ2) is 6.19. The van der Waals surface area contributed by atoms with Crippen LogP contribution < -0.4 is 10.5 Å². The third kappa shape index (κ3) is 3.77. The quantitative estimate of drug-likeness (QED) is 0.830. The highest BCUT2D eigenvalue weighted by molar-refractivity contribution is 7.89. The van der Waals surface area contributed by atoms with Crippen molar-refractivity contribution in [2.75, 3.05) is 12.3 Å². The Kier molecular flexibility index (Phi) is 4.54. The number of hydrogen-bond acceptors (Lipinski definition) is 3. The molecule has 0 saturated heterocycles. The molecule has 0 aromatic heterocycles. The van der Waals surface area contributed by atoms with Crippen LogP contribution in [-0.4, -0.2) is 15.0 Å². The lowest BCUT2D eigenvalue weighted by Gasteiger charge is -2.08. The minimum Gasteiger partial charge on any atom is -0.399 e. The van der Waals surface area contributed by atoms with E-state index in [1.165, 1.54) is 0 Å². The zero-order chi connectivity index (χ0) is 15.5. The molecule has 0 saturated carbocycles. The summed E-state index contributed by atoms with van der Waals surface area (Å²) in [5, 5.41) is 0. The summed E-state index contributed by atoms with van der Waals surface area (Å²) in [6, 6.07) is 9.81. The van der Waals surface area contributed by atoms with Crippen molar-refractivity contribution in [2.24, 2.45) is 0 Å². The maximum absolute atomic E-state index is 13.5. The zero-order valence-corrected chi connectivity index (χ0v) is 11.8. The van der Waals surface area contributed by atoms with Gasteiger partial charge in [0.1, 0.15) is 11.6 Å². The third-order valence-corrected chi connectivity index (χ3v) is 4.38. The number of nitrogen functional groups attached to an aromatic ring is 1.